The lowest BCUT2D eigenvalue weighted by Crippen LogP contribution is -2.57. The van der Waals surface area contributed by atoms with Crippen molar-refractivity contribution in [2.45, 2.75) is 156 Å². The van der Waals surface area contributed by atoms with Crippen LogP contribution < -0.4 is 37.5 Å². The number of nitrogens with two attached hydrogens (primary N) is 1. The summed E-state index contributed by atoms with van der Waals surface area (Å²) in [6, 6.07) is 18.9. The highest BCUT2D eigenvalue weighted by molar-refractivity contribution is 7.13. The Bertz CT molecular complexity index is 3450. The summed E-state index contributed by atoms with van der Waals surface area (Å²) >= 11 is 1.56. The van der Waals surface area contributed by atoms with E-state index < -0.39 is 82.2 Å². The first-order valence-electron chi connectivity index (χ1n) is 33.1. The number of pyridine rings is 1. The van der Waals surface area contributed by atoms with Gasteiger partial charge in [-0.1, -0.05) is 115 Å². The first-order valence-corrected chi connectivity index (χ1v) is 34.0. The maximum atomic E-state index is 14.6. The fourth-order valence-corrected chi connectivity index (χ4v) is 13.0. The van der Waals surface area contributed by atoms with Crippen LogP contribution in [0.2, 0.25) is 0 Å². The number of aromatic nitrogens is 2. The first kappa shape index (κ1) is 72.3. The smallest absolute Gasteiger partial charge is 0.417 e. The number of aryl methyl sites for hydroxylation is 1. The number of esters is 1. The number of halogens is 3. The molecule has 510 valence electrons. The van der Waals surface area contributed by atoms with Crippen LogP contribution in [0.5, 0.6) is 0 Å². The molecule has 0 aliphatic carbocycles. The third-order valence-electron chi connectivity index (χ3n) is 18.1. The molecule has 3 fully saturated rings. The van der Waals surface area contributed by atoms with E-state index in [4.69, 9.17) is 10.5 Å². The highest BCUT2D eigenvalue weighted by Gasteiger charge is 2.47. The molecule has 94 heavy (non-hydrogen) atoms. The zero-order chi connectivity index (χ0) is 67.9. The van der Waals surface area contributed by atoms with Crippen molar-refractivity contribution in [3.8, 4) is 21.6 Å². The van der Waals surface area contributed by atoms with Gasteiger partial charge in [0.15, 0.2) is 0 Å². The molecule has 3 aliphatic heterocycles. The fraction of sp³-hybridized carbons (Fsp3) is 0.543. The van der Waals surface area contributed by atoms with Crippen LogP contribution >= 0.6 is 11.3 Å². The molecule has 3 saturated heterocycles. The van der Waals surface area contributed by atoms with Crippen molar-refractivity contribution in [3.05, 3.63) is 123 Å². The van der Waals surface area contributed by atoms with Crippen molar-refractivity contribution in [2.24, 2.45) is 17.1 Å². The molecule has 5 atom stereocenters. The lowest BCUT2D eigenvalue weighted by molar-refractivity contribution is -0.152. The fourth-order valence-electron chi connectivity index (χ4n) is 12.2. The van der Waals surface area contributed by atoms with Crippen LogP contribution in [-0.2, 0) is 41.4 Å². The first-order chi connectivity index (χ1) is 44.7. The van der Waals surface area contributed by atoms with E-state index in [1.165, 1.54) is 4.90 Å². The summed E-state index contributed by atoms with van der Waals surface area (Å²) in [7, 11) is 2.02. The van der Waals surface area contributed by atoms with Crippen molar-refractivity contribution in [2.75, 3.05) is 89.3 Å². The van der Waals surface area contributed by atoms with Gasteiger partial charge < -0.3 is 51.4 Å². The Hall–Kier alpha value is -7.51. The summed E-state index contributed by atoms with van der Waals surface area (Å²) in [5.74, 6) is -2.79. The van der Waals surface area contributed by atoms with Gasteiger partial charge in [0, 0.05) is 104 Å². The van der Waals surface area contributed by atoms with E-state index in [9.17, 15) is 46.7 Å². The summed E-state index contributed by atoms with van der Waals surface area (Å²) in [6.45, 7) is 21.4. The van der Waals surface area contributed by atoms with E-state index >= 15 is 0 Å². The van der Waals surface area contributed by atoms with Gasteiger partial charge in [0.25, 0.3) is 5.91 Å². The third kappa shape index (κ3) is 20.3. The van der Waals surface area contributed by atoms with Crippen molar-refractivity contribution in [1.82, 2.24) is 45.5 Å². The molecular weight excluding hydrogens is 1230 g/mol. The van der Waals surface area contributed by atoms with Gasteiger partial charge in [-0.15, -0.1) is 11.3 Å². The summed E-state index contributed by atoms with van der Waals surface area (Å²) < 4.78 is 47.8. The van der Waals surface area contributed by atoms with E-state index in [2.05, 4.69) is 63.0 Å². The van der Waals surface area contributed by atoms with Gasteiger partial charge in [0.2, 0.25) is 29.2 Å². The maximum absolute atomic E-state index is 14.6. The molecule has 8 rings (SSSR count). The number of amides is 5. The second-order valence-corrected chi connectivity index (χ2v) is 27.7. The predicted molar refractivity (Wildman–Crippen MR) is 361 cm³/mol. The number of alkyl halides is 3. The minimum absolute atomic E-state index is 0.0245. The second-order valence-electron chi connectivity index (χ2n) is 26.8. The van der Waals surface area contributed by atoms with Crippen LogP contribution in [0.4, 0.5) is 24.5 Å². The minimum Gasteiger partial charge on any atom is -0.459 e. The average molecular weight is 1320 g/mol. The van der Waals surface area contributed by atoms with E-state index in [-0.39, 0.29) is 37.1 Å². The van der Waals surface area contributed by atoms with E-state index in [0.29, 0.717) is 56.5 Å². The van der Waals surface area contributed by atoms with Crippen molar-refractivity contribution < 1.29 is 46.7 Å². The van der Waals surface area contributed by atoms with Gasteiger partial charge in [-0.25, -0.2) is 4.98 Å². The van der Waals surface area contributed by atoms with Crippen LogP contribution in [0.25, 0.3) is 21.6 Å². The van der Waals surface area contributed by atoms with Crippen molar-refractivity contribution >= 4 is 58.2 Å². The Balaban J connectivity index is 0.719. The van der Waals surface area contributed by atoms with Gasteiger partial charge in [-0.3, -0.25) is 43.4 Å². The molecule has 3 aromatic carbocycles. The number of aromatic amines is 1. The number of piperazine rings is 2. The number of hydrogen-bond donors (Lipinski definition) is 6. The Morgan fingerprint density at radius 2 is 1.41 bits per heavy atom. The molecule has 24 heteroatoms. The lowest BCUT2D eigenvalue weighted by Gasteiger charge is -2.35. The molecule has 5 aromatic rings. The van der Waals surface area contributed by atoms with Crippen LogP contribution in [-0.4, -0.2) is 168 Å². The number of anilines is 2. The summed E-state index contributed by atoms with van der Waals surface area (Å²) in [6.07, 6.45) is 1.95. The number of thiazole rings is 1. The molecule has 7 N–H and O–H groups in total. The van der Waals surface area contributed by atoms with Crippen molar-refractivity contribution in [1.29, 1.82) is 0 Å². The number of unbranched alkanes of at least 4 members (excludes halogenated alkanes) is 6. The van der Waals surface area contributed by atoms with Gasteiger partial charge in [-0.2, -0.15) is 13.2 Å². The number of benzene rings is 3. The number of rotatable bonds is 28. The maximum Gasteiger partial charge on any atom is 0.417 e. The molecule has 5 amide bonds. The van der Waals surface area contributed by atoms with Crippen LogP contribution in [0.1, 0.15) is 145 Å². The Morgan fingerprint density at radius 1 is 0.777 bits per heavy atom. The normalized spacial score (nSPS) is 17.8. The topological polar surface area (TPSA) is 248 Å². The van der Waals surface area contributed by atoms with Crippen LogP contribution in [0.3, 0.4) is 0 Å². The van der Waals surface area contributed by atoms with E-state index in [1.54, 1.807) is 17.4 Å². The molecule has 0 radical (unpaired) electrons. The molecule has 0 unspecified atom stereocenters. The van der Waals surface area contributed by atoms with Gasteiger partial charge >= 0.3 is 12.1 Å². The molecule has 0 spiro atoms. The lowest BCUT2D eigenvalue weighted by atomic mass is 9.85. The highest BCUT2D eigenvalue weighted by Crippen LogP contribution is 2.36. The number of nitrogens with one attached hydrogen (secondary N) is 5. The van der Waals surface area contributed by atoms with Gasteiger partial charge in [0.05, 0.1) is 51.2 Å². The number of ether oxygens (including phenoxy) is 1. The zero-order valence-electron chi connectivity index (χ0n) is 55.7. The molecule has 2 aromatic heterocycles. The number of hydrogen-bond acceptors (Lipinski definition) is 15. The third-order valence-corrected chi connectivity index (χ3v) is 19.0. The number of H-pyrrole nitrogens is 1. The Kier molecular flexibility index (Phi) is 25.6. The summed E-state index contributed by atoms with van der Waals surface area (Å²) in [5.41, 5.74) is 11.0. The highest BCUT2D eigenvalue weighted by atomic mass is 32.1. The van der Waals surface area contributed by atoms with Gasteiger partial charge in [0.1, 0.15) is 24.2 Å². The second kappa shape index (κ2) is 33.2. The molecule has 0 bridgehead atoms. The Morgan fingerprint density at radius 3 is 2.05 bits per heavy atom. The standard InChI is InChI=1S/C70H95F3N12O8S/c1-45(2)62(74)68(92)93-53-39-58(66(90)78-46(3)49-21-23-50(24-22-49)63-47(4)77-44-94-63)85(43-53)67(91)64(69(5,6)7)80-60(87)20-15-13-11-9-10-12-14-19-59(86)75-27-28-82-31-33-83(34-32-82)42-48-17-16-18-51(37-48)52-25-26-57(84-35-29-81(8)30-36-84)56(38-52)79-65(89)54-41-76-61(88)40-55(54)70(71,72)73/h16-18,21-26,37-38,40-41,44-46,53,58,62,64H,9-15,19-20,27-36,39,42-43,74H2,1-8H3,(H,75,86)(H,76,88)(H,78,90)(H,79,89)(H,80,87)/t46-,53+,58-,62-,64+/m0/s1. The Labute approximate surface area is 554 Å². The van der Waals surface area contributed by atoms with Crippen LogP contribution in [0, 0.1) is 18.3 Å². The molecular formula is C70H95F3N12O8S. The number of nitrogens with zero attached hydrogens (tertiary/aromatic N) is 6. The summed E-state index contributed by atoms with van der Waals surface area (Å²) in [4.78, 5) is 112. The van der Waals surface area contributed by atoms with Gasteiger partial charge in [-0.05, 0) is 91.1 Å². The molecule has 20 nitrogen and oxygen atoms in total. The monoisotopic (exact) mass is 1320 g/mol. The average Bonchev–Trinajstić information content (AvgIpc) is 1.66. The minimum atomic E-state index is -4.91. The predicted octanol–water partition coefficient (Wildman–Crippen LogP) is 9.15. The number of carbonyl (C=O) groups is 6. The number of likely N-dealkylation sites (tertiary alicyclic amines) is 1. The van der Waals surface area contributed by atoms with E-state index in [0.717, 1.165) is 129 Å². The quantitative estimate of drug-likeness (QED) is 0.0202. The largest absolute Gasteiger partial charge is 0.459 e. The number of likely N-dealkylation sites (N-methyl/N-ethyl adjacent to an activating group) is 1. The molecule has 0 saturated carbocycles. The SMILES string of the molecule is Cc1ncsc1-c1ccc([C@H](C)NC(=O)[C@@H]2C[C@@H](OC(=O)[C@@H](N)C(C)C)CN2C(=O)[C@@H](NC(=O)CCCCCCCCCC(=O)NCCN2CCN(Cc3cccc(-c4ccc(N5CCN(C)CC5)c(NC(=O)c5c[nH]c(=O)cc5C(F)(F)F)c4)c3)CC2)C(C)(C)C)cc1. The number of carbonyl (C=O) groups excluding carboxylic acids is 6. The zero-order valence-corrected chi connectivity index (χ0v) is 56.5. The van der Waals surface area contributed by atoms with Crippen molar-refractivity contribution in [3.63, 3.8) is 0 Å². The molecule has 5 heterocycles. The van der Waals surface area contributed by atoms with Crippen LogP contribution in [0.15, 0.2) is 89.3 Å². The summed E-state index contributed by atoms with van der Waals surface area (Å²) in [5, 5.41) is 11.9. The van der Waals surface area contributed by atoms with E-state index in [1.807, 2.05) is 110 Å². The molecule has 3 aliphatic rings.